The molecular weight excluding hydrogens is 368 g/mol. The quantitative estimate of drug-likeness (QED) is 0.788. The van der Waals surface area contributed by atoms with Crippen molar-refractivity contribution in [3.05, 3.63) is 34.3 Å². The summed E-state index contributed by atoms with van der Waals surface area (Å²) in [6.07, 6.45) is 1.29. The maximum absolute atomic E-state index is 12.5. The van der Waals surface area contributed by atoms with Gasteiger partial charge in [0.05, 0.1) is 11.3 Å². The number of halogens is 1. The van der Waals surface area contributed by atoms with Gasteiger partial charge in [0.1, 0.15) is 0 Å². The summed E-state index contributed by atoms with van der Waals surface area (Å²) in [6.45, 7) is 1.12. The Labute approximate surface area is 141 Å². The Kier molecular flexibility index (Phi) is 4.54. The molecule has 1 aromatic carbocycles. The van der Waals surface area contributed by atoms with Crippen molar-refractivity contribution in [3.8, 4) is 0 Å². The molecule has 2 fully saturated rings. The summed E-state index contributed by atoms with van der Waals surface area (Å²) in [6, 6.07) is 7.28. The highest BCUT2D eigenvalue weighted by molar-refractivity contribution is 9.10. The Morgan fingerprint density at radius 2 is 1.86 bits per heavy atom. The number of imide groups is 1. The van der Waals surface area contributed by atoms with Crippen LogP contribution in [0.5, 0.6) is 0 Å². The predicted molar refractivity (Wildman–Crippen MR) is 87.8 cm³/mol. The van der Waals surface area contributed by atoms with E-state index in [0.717, 1.165) is 16.2 Å². The molecule has 2 aliphatic rings. The zero-order valence-electron chi connectivity index (χ0n) is 11.8. The average Bonchev–Trinajstić information content (AvgIpc) is 2.86. The summed E-state index contributed by atoms with van der Waals surface area (Å²) in [5, 5.41) is -0.152. The molecular formula is C15H15BrN2O3S. The van der Waals surface area contributed by atoms with Crippen molar-refractivity contribution in [2.45, 2.75) is 18.9 Å². The van der Waals surface area contributed by atoms with Crippen molar-refractivity contribution >= 4 is 44.7 Å². The van der Waals surface area contributed by atoms with E-state index in [0.29, 0.717) is 31.5 Å². The standard InChI is InChI=1S/C15H15BrN2O3S/c16-12-4-2-1-3-11(12)14(20)17-7-5-10(6-8-17)18-13(19)9-22-15(18)21/h1-4,10H,5-9H2. The van der Waals surface area contributed by atoms with Gasteiger partial charge >= 0.3 is 0 Å². The van der Waals surface area contributed by atoms with Gasteiger partial charge in [-0.05, 0) is 40.9 Å². The van der Waals surface area contributed by atoms with Gasteiger partial charge in [0.25, 0.3) is 11.1 Å². The second-order valence-corrected chi connectivity index (χ2v) is 7.10. The van der Waals surface area contributed by atoms with Crippen LogP contribution in [0.2, 0.25) is 0 Å². The SMILES string of the molecule is O=C(c1ccccc1Br)N1CCC(N2C(=O)CSC2=O)CC1. The van der Waals surface area contributed by atoms with E-state index in [1.165, 1.54) is 4.90 Å². The molecule has 0 atom stereocenters. The molecule has 0 aromatic heterocycles. The van der Waals surface area contributed by atoms with Crippen molar-refractivity contribution in [1.29, 1.82) is 0 Å². The number of amides is 3. The molecule has 0 aliphatic carbocycles. The van der Waals surface area contributed by atoms with Crippen molar-refractivity contribution in [1.82, 2.24) is 9.80 Å². The lowest BCUT2D eigenvalue weighted by Crippen LogP contribution is -2.48. The highest BCUT2D eigenvalue weighted by atomic mass is 79.9. The molecule has 1 aromatic rings. The molecule has 116 valence electrons. The summed E-state index contributed by atoms with van der Waals surface area (Å²) in [4.78, 5) is 39.2. The zero-order valence-corrected chi connectivity index (χ0v) is 14.2. The summed E-state index contributed by atoms with van der Waals surface area (Å²) in [7, 11) is 0. The fourth-order valence-electron chi connectivity index (χ4n) is 2.85. The lowest BCUT2D eigenvalue weighted by molar-refractivity contribution is -0.126. The Morgan fingerprint density at radius 1 is 1.18 bits per heavy atom. The van der Waals surface area contributed by atoms with Crippen LogP contribution >= 0.6 is 27.7 Å². The molecule has 0 unspecified atom stereocenters. The maximum atomic E-state index is 12.5. The number of hydrogen-bond acceptors (Lipinski definition) is 4. The van der Waals surface area contributed by atoms with Crippen molar-refractivity contribution in [2.75, 3.05) is 18.8 Å². The molecule has 0 N–H and O–H groups in total. The van der Waals surface area contributed by atoms with Crippen LogP contribution in [0, 0.1) is 0 Å². The normalized spacial score (nSPS) is 19.9. The Balaban J connectivity index is 1.65. The summed E-state index contributed by atoms with van der Waals surface area (Å²) < 4.78 is 0.781. The Morgan fingerprint density at radius 3 is 2.45 bits per heavy atom. The smallest absolute Gasteiger partial charge is 0.289 e. The first-order chi connectivity index (χ1) is 10.6. The van der Waals surface area contributed by atoms with Crippen LogP contribution in [-0.2, 0) is 4.79 Å². The number of hydrogen-bond donors (Lipinski definition) is 0. The lowest BCUT2D eigenvalue weighted by atomic mass is 10.0. The molecule has 0 spiro atoms. The molecule has 7 heteroatoms. The highest BCUT2D eigenvalue weighted by Gasteiger charge is 2.38. The molecule has 22 heavy (non-hydrogen) atoms. The van der Waals surface area contributed by atoms with Crippen LogP contribution < -0.4 is 0 Å². The third-order valence-corrected chi connectivity index (χ3v) is 5.53. The fourth-order valence-corrected chi connectivity index (χ4v) is 4.08. The predicted octanol–water partition coefficient (Wildman–Crippen LogP) is 2.75. The monoisotopic (exact) mass is 382 g/mol. The molecule has 0 radical (unpaired) electrons. The zero-order chi connectivity index (χ0) is 15.7. The molecule has 0 bridgehead atoms. The van der Waals surface area contributed by atoms with Gasteiger partial charge in [-0.25, -0.2) is 0 Å². The topological polar surface area (TPSA) is 57.7 Å². The van der Waals surface area contributed by atoms with Crippen molar-refractivity contribution < 1.29 is 14.4 Å². The molecule has 5 nitrogen and oxygen atoms in total. The second-order valence-electron chi connectivity index (χ2n) is 5.32. The van der Waals surface area contributed by atoms with Crippen LogP contribution in [0.4, 0.5) is 4.79 Å². The van der Waals surface area contributed by atoms with Crippen LogP contribution in [0.1, 0.15) is 23.2 Å². The lowest BCUT2D eigenvalue weighted by Gasteiger charge is -2.35. The molecule has 0 saturated carbocycles. The largest absolute Gasteiger partial charge is 0.338 e. The minimum atomic E-state index is -0.152. The van der Waals surface area contributed by atoms with Crippen LogP contribution in [0.25, 0.3) is 0 Å². The Bertz CT molecular complexity index is 613. The number of nitrogens with zero attached hydrogens (tertiary/aromatic N) is 2. The van der Waals surface area contributed by atoms with Gasteiger partial charge in [-0.2, -0.15) is 0 Å². The number of carbonyl (C=O) groups excluding carboxylic acids is 3. The second kappa shape index (κ2) is 6.42. The van der Waals surface area contributed by atoms with Gasteiger partial charge in [0.2, 0.25) is 5.91 Å². The third-order valence-electron chi connectivity index (χ3n) is 4.01. The van der Waals surface area contributed by atoms with Crippen LogP contribution in [-0.4, -0.2) is 51.7 Å². The van der Waals surface area contributed by atoms with E-state index in [9.17, 15) is 14.4 Å². The number of benzene rings is 1. The number of carbonyl (C=O) groups is 3. The number of piperidine rings is 1. The number of thioether (sulfide) groups is 1. The first-order valence-corrected chi connectivity index (χ1v) is 8.88. The molecule has 3 rings (SSSR count). The minimum Gasteiger partial charge on any atom is -0.338 e. The average molecular weight is 383 g/mol. The van der Waals surface area contributed by atoms with E-state index in [4.69, 9.17) is 0 Å². The number of likely N-dealkylation sites (tertiary alicyclic amines) is 1. The van der Waals surface area contributed by atoms with Crippen LogP contribution in [0.3, 0.4) is 0 Å². The Hall–Kier alpha value is -1.34. The fraction of sp³-hybridized carbons (Fsp3) is 0.400. The van der Waals surface area contributed by atoms with Gasteiger partial charge in [-0.1, -0.05) is 23.9 Å². The van der Waals surface area contributed by atoms with E-state index in [1.54, 1.807) is 11.0 Å². The minimum absolute atomic E-state index is 0.0145. The van der Waals surface area contributed by atoms with E-state index in [-0.39, 0.29) is 28.8 Å². The van der Waals surface area contributed by atoms with Gasteiger partial charge in [0, 0.05) is 23.6 Å². The van der Waals surface area contributed by atoms with E-state index in [2.05, 4.69) is 15.9 Å². The van der Waals surface area contributed by atoms with E-state index < -0.39 is 0 Å². The van der Waals surface area contributed by atoms with Gasteiger partial charge in [0.15, 0.2) is 0 Å². The molecule has 2 heterocycles. The van der Waals surface area contributed by atoms with Gasteiger partial charge in [-0.15, -0.1) is 0 Å². The molecule has 3 amide bonds. The highest BCUT2D eigenvalue weighted by Crippen LogP contribution is 2.27. The summed E-state index contributed by atoms with van der Waals surface area (Å²) in [5.41, 5.74) is 0.643. The summed E-state index contributed by atoms with van der Waals surface area (Å²) >= 11 is 4.46. The third kappa shape index (κ3) is 2.92. The van der Waals surface area contributed by atoms with Gasteiger partial charge < -0.3 is 4.90 Å². The molecule has 2 saturated heterocycles. The molecule has 2 aliphatic heterocycles. The maximum Gasteiger partial charge on any atom is 0.289 e. The van der Waals surface area contributed by atoms with E-state index in [1.807, 2.05) is 18.2 Å². The van der Waals surface area contributed by atoms with Crippen molar-refractivity contribution in [2.24, 2.45) is 0 Å². The van der Waals surface area contributed by atoms with Crippen LogP contribution in [0.15, 0.2) is 28.7 Å². The first-order valence-electron chi connectivity index (χ1n) is 7.10. The van der Waals surface area contributed by atoms with Crippen molar-refractivity contribution in [3.63, 3.8) is 0 Å². The van der Waals surface area contributed by atoms with Gasteiger partial charge in [-0.3, -0.25) is 19.3 Å². The van der Waals surface area contributed by atoms with E-state index >= 15 is 0 Å². The first kappa shape index (κ1) is 15.6. The number of rotatable bonds is 2. The summed E-state index contributed by atoms with van der Waals surface area (Å²) in [5.74, 6) is 0.125.